The van der Waals surface area contributed by atoms with Gasteiger partial charge in [-0.05, 0) is 43.5 Å². The molecule has 1 saturated carbocycles. The van der Waals surface area contributed by atoms with E-state index in [0.717, 1.165) is 0 Å². The molecule has 0 radical (unpaired) electrons. The van der Waals surface area contributed by atoms with E-state index in [0.29, 0.717) is 12.0 Å². The Morgan fingerprint density at radius 2 is 1.80 bits per heavy atom. The third kappa shape index (κ3) is 2.37. The van der Waals surface area contributed by atoms with Crippen LogP contribution < -0.4 is 5.32 Å². The molecule has 1 N–H and O–H groups in total. The number of likely N-dealkylation sites (N-methyl/N-ethyl adjacent to an activating group) is 1. The van der Waals surface area contributed by atoms with Gasteiger partial charge in [-0.2, -0.15) is 0 Å². The molecular weight excluding hydrogens is 189 g/mol. The Morgan fingerprint density at radius 1 is 1.13 bits per heavy atom. The summed E-state index contributed by atoms with van der Waals surface area (Å²) in [6.07, 6.45) is 5.05. The van der Waals surface area contributed by atoms with Crippen LogP contribution >= 0.6 is 0 Å². The molecule has 0 aliphatic heterocycles. The monoisotopic (exact) mass is 207 g/mol. The Hall–Kier alpha value is -0.890. The Labute approximate surface area is 90.7 Å². The molecule has 0 bridgehead atoms. The van der Waals surface area contributed by atoms with Gasteiger partial charge in [-0.3, -0.25) is 0 Å². The van der Waals surface area contributed by atoms with Gasteiger partial charge in [-0.25, -0.2) is 4.39 Å². The fourth-order valence-corrected chi connectivity index (χ4v) is 2.59. The average Bonchev–Trinajstić information content (AvgIpc) is 2.30. The Balaban J connectivity index is 2.16. The van der Waals surface area contributed by atoms with Gasteiger partial charge in [0.05, 0.1) is 0 Å². The van der Waals surface area contributed by atoms with Gasteiger partial charge in [0.25, 0.3) is 0 Å². The van der Waals surface area contributed by atoms with Crippen molar-refractivity contribution in [2.24, 2.45) is 0 Å². The van der Waals surface area contributed by atoms with Crippen LogP contribution in [0.1, 0.15) is 37.2 Å². The molecule has 1 aromatic rings. The van der Waals surface area contributed by atoms with Crippen molar-refractivity contribution in [3.63, 3.8) is 0 Å². The first kappa shape index (κ1) is 10.6. The first-order valence-corrected chi connectivity index (χ1v) is 5.74. The summed E-state index contributed by atoms with van der Waals surface area (Å²) < 4.78 is 12.8. The van der Waals surface area contributed by atoms with Crippen molar-refractivity contribution >= 4 is 0 Å². The summed E-state index contributed by atoms with van der Waals surface area (Å²) in [6.45, 7) is 0. The van der Waals surface area contributed by atoms with Crippen LogP contribution in [0.5, 0.6) is 0 Å². The average molecular weight is 207 g/mol. The van der Waals surface area contributed by atoms with Crippen molar-refractivity contribution in [3.8, 4) is 0 Å². The van der Waals surface area contributed by atoms with E-state index in [4.69, 9.17) is 0 Å². The third-order valence-electron chi connectivity index (χ3n) is 3.43. The van der Waals surface area contributed by atoms with E-state index in [1.54, 1.807) is 12.1 Å². The van der Waals surface area contributed by atoms with Gasteiger partial charge >= 0.3 is 0 Å². The van der Waals surface area contributed by atoms with E-state index in [1.165, 1.54) is 31.2 Å². The second-order valence-corrected chi connectivity index (χ2v) is 4.34. The van der Waals surface area contributed by atoms with Gasteiger partial charge in [-0.15, -0.1) is 0 Å². The lowest BCUT2D eigenvalue weighted by molar-refractivity contribution is 0.344. The highest BCUT2D eigenvalue weighted by molar-refractivity contribution is 5.22. The maximum Gasteiger partial charge on any atom is 0.123 e. The summed E-state index contributed by atoms with van der Waals surface area (Å²) in [6, 6.07) is 7.54. The summed E-state index contributed by atoms with van der Waals surface area (Å²) in [5.41, 5.74) is 1.27. The lowest BCUT2D eigenvalue weighted by Gasteiger charge is -2.31. The molecule has 1 aromatic carbocycles. The van der Waals surface area contributed by atoms with Gasteiger partial charge in [-0.1, -0.05) is 25.0 Å². The van der Waals surface area contributed by atoms with Crippen LogP contribution in [0, 0.1) is 5.82 Å². The van der Waals surface area contributed by atoms with Gasteiger partial charge in [0, 0.05) is 6.04 Å². The molecule has 0 saturated heterocycles. The zero-order valence-electron chi connectivity index (χ0n) is 9.17. The number of hydrogen-bond donors (Lipinski definition) is 1. The smallest absolute Gasteiger partial charge is 0.123 e. The molecule has 1 nitrogen and oxygen atoms in total. The van der Waals surface area contributed by atoms with Crippen molar-refractivity contribution < 1.29 is 4.39 Å². The standard InChI is InChI=1S/C13H18FN/c1-15-13-5-3-2-4-12(13)10-6-8-11(14)9-7-10/h6-9,12-13,15H,2-5H2,1H3. The minimum atomic E-state index is -0.143. The minimum absolute atomic E-state index is 0.143. The molecule has 15 heavy (non-hydrogen) atoms. The quantitative estimate of drug-likeness (QED) is 0.786. The molecule has 2 atom stereocenters. The van der Waals surface area contributed by atoms with Gasteiger partial charge < -0.3 is 5.32 Å². The van der Waals surface area contributed by atoms with Gasteiger partial charge in [0.1, 0.15) is 5.82 Å². The number of halogens is 1. The molecule has 1 aliphatic rings. The number of benzene rings is 1. The van der Waals surface area contributed by atoms with Crippen LogP contribution in [-0.4, -0.2) is 13.1 Å². The highest BCUT2D eigenvalue weighted by Crippen LogP contribution is 2.32. The van der Waals surface area contributed by atoms with E-state index in [-0.39, 0.29) is 5.82 Å². The molecule has 2 rings (SSSR count). The highest BCUT2D eigenvalue weighted by Gasteiger charge is 2.24. The molecule has 2 unspecified atom stereocenters. The molecular formula is C13H18FN. The predicted octanol–water partition coefficient (Wildman–Crippen LogP) is 3.07. The molecule has 0 heterocycles. The second-order valence-electron chi connectivity index (χ2n) is 4.34. The van der Waals surface area contributed by atoms with E-state index in [2.05, 4.69) is 5.32 Å². The van der Waals surface area contributed by atoms with E-state index < -0.39 is 0 Å². The third-order valence-corrected chi connectivity index (χ3v) is 3.43. The summed E-state index contributed by atoms with van der Waals surface area (Å²) >= 11 is 0. The minimum Gasteiger partial charge on any atom is -0.316 e. The number of nitrogens with one attached hydrogen (secondary N) is 1. The van der Waals surface area contributed by atoms with Crippen molar-refractivity contribution in [2.45, 2.75) is 37.6 Å². The molecule has 0 spiro atoms. The van der Waals surface area contributed by atoms with Gasteiger partial charge in [0.15, 0.2) is 0 Å². The second kappa shape index (κ2) is 4.75. The molecule has 0 amide bonds. The van der Waals surface area contributed by atoms with E-state index in [1.807, 2.05) is 19.2 Å². The molecule has 1 fully saturated rings. The summed E-state index contributed by atoms with van der Waals surface area (Å²) in [4.78, 5) is 0. The van der Waals surface area contributed by atoms with E-state index in [9.17, 15) is 4.39 Å². The molecule has 82 valence electrons. The van der Waals surface area contributed by atoms with Crippen LogP contribution in [0.2, 0.25) is 0 Å². The Morgan fingerprint density at radius 3 is 2.47 bits per heavy atom. The van der Waals surface area contributed by atoms with Crippen LogP contribution in [0.25, 0.3) is 0 Å². The first-order valence-electron chi connectivity index (χ1n) is 5.74. The molecule has 0 aromatic heterocycles. The zero-order valence-corrected chi connectivity index (χ0v) is 9.17. The largest absolute Gasteiger partial charge is 0.316 e. The van der Waals surface area contributed by atoms with Gasteiger partial charge in [0.2, 0.25) is 0 Å². The Bertz CT molecular complexity index is 307. The first-order chi connectivity index (χ1) is 7.31. The van der Waals surface area contributed by atoms with Crippen molar-refractivity contribution in [3.05, 3.63) is 35.6 Å². The van der Waals surface area contributed by atoms with Crippen molar-refractivity contribution in [1.29, 1.82) is 0 Å². The topological polar surface area (TPSA) is 12.0 Å². The van der Waals surface area contributed by atoms with Crippen molar-refractivity contribution in [2.75, 3.05) is 7.05 Å². The Kier molecular flexibility index (Phi) is 3.37. The summed E-state index contributed by atoms with van der Waals surface area (Å²) in [5, 5.41) is 3.37. The lowest BCUT2D eigenvalue weighted by Crippen LogP contribution is -2.34. The van der Waals surface area contributed by atoms with Crippen molar-refractivity contribution in [1.82, 2.24) is 5.32 Å². The summed E-state index contributed by atoms with van der Waals surface area (Å²) in [7, 11) is 2.02. The zero-order chi connectivity index (χ0) is 10.7. The van der Waals surface area contributed by atoms with Crippen LogP contribution in [0.4, 0.5) is 4.39 Å². The molecule has 2 heteroatoms. The van der Waals surface area contributed by atoms with Crippen LogP contribution in [0.15, 0.2) is 24.3 Å². The normalized spacial score (nSPS) is 26.5. The maximum absolute atomic E-state index is 12.8. The highest BCUT2D eigenvalue weighted by atomic mass is 19.1. The lowest BCUT2D eigenvalue weighted by atomic mass is 9.80. The SMILES string of the molecule is CNC1CCCCC1c1ccc(F)cc1. The van der Waals surface area contributed by atoms with Crippen LogP contribution in [0.3, 0.4) is 0 Å². The maximum atomic E-state index is 12.8. The molecule has 1 aliphatic carbocycles. The number of hydrogen-bond acceptors (Lipinski definition) is 1. The summed E-state index contributed by atoms with van der Waals surface area (Å²) in [5.74, 6) is 0.417. The number of rotatable bonds is 2. The predicted molar refractivity (Wildman–Crippen MR) is 60.5 cm³/mol. The fraction of sp³-hybridized carbons (Fsp3) is 0.538. The van der Waals surface area contributed by atoms with E-state index >= 15 is 0 Å². The fourth-order valence-electron chi connectivity index (χ4n) is 2.59. The van der Waals surface area contributed by atoms with Crippen LogP contribution in [-0.2, 0) is 0 Å².